The topological polar surface area (TPSA) is 29.3 Å². The van der Waals surface area contributed by atoms with E-state index in [2.05, 4.69) is 42.3 Å². The number of hydrogen-bond donors (Lipinski definition) is 1. The molecule has 0 spiro atoms. The average Bonchev–Trinajstić information content (AvgIpc) is 3.02. The van der Waals surface area contributed by atoms with Crippen LogP contribution in [-0.2, 0) is 19.4 Å². The third kappa shape index (κ3) is 2.51. The number of hydrogen-bond acceptors (Lipinski definition) is 3. The molecule has 1 aliphatic rings. The van der Waals surface area contributed by atoms with Gasteiger partial charge in [0, 0.05) is 23.5 Å². The van der Waals surface area contributed by atoms with Crippen molar-refractivity contribution < 1.29 is 0 Å². The van der Waals surface area contributed by atoms with E-state index in [0.717, 1.165) is 23.7 Å². The van der Waals surface area contributed by atoms with Gasteiger partial charge in [0.15, 0.2) is 0 Å². The van der Waals surface area contributed by atoms with E-state index in [1.165, 1.54) is 16.0 Å². The number of nitrogens with zero attached hydrogens (tertiary/aromatic N) is 1. The Labute approximate surface area is 129 Å². The molecule has 20 heavy (non-hydrogen) atoms. The van der Waals surface area contributed by atoms with Gasteiger partial charge in [0.05, 0.1) is 4.34 Å². The number of thiophene rings is 1. The van der Waals surface area contributed by atoms with Crippen molar-refractivity contribution in [1.29, 1.82) is 0 Å². The highest BCUT2D eigenvalue weighted by Gasteiger charge is 2.39. The second kappa shape index (κ2) is 5.49. The molecule has 2 N–H and O–H groups in total. The van der Waals surface area contributed by atoms with Gasteiger partial charge < -0.3 is 5.73 Å². The van der Waals surface area contributed by atoms with Crippen LogP contribution in [0.15, 0.2) is 36.4 Å². The Bertz CT molecular complexity index is 583. The van der Waals surface area contributed by atoms with Crippen molar-refractivity contribution in [1.82, 2.24) is 4.90 Å². The van der Waals surface area contributed by atoms with Gasteiger partial charge in [-0.15, -0.1) is 11.3 Å². The van der Waals surface area contributed by atoms with Gasteiger partial charge in [-0.3, -0.25) is 4.90 Å². The molecule has 0 radical (unpaired) electrons. The van der Waals surface area contributed by atoms with Crippen LogP contribution in [0.2, 0.25) is 4.34 Å². The fraction of sp³-hybridized carbons (Fsp3) is 0.375. The van der Waals surface area contributed by atoms with Crippen LogP contribution in [0.1, 0.15) is 16.0 Å². The van der Waals surface area contributed by atoms with Crippen molar-refractivity contribution in [2.45, 2.75) is 24.9 Å². The molecule has 1 aromatic carbocycles. The summed E-state index contributed by atoms with van der Waals surface area (Å²) < 4.78 is 0.852. The van der Waals surface area contributed by atoms with Crippen molar-refractivity contribution in [2.75, 3.05) is 13.6 Å². The van der Waals surface area contributed by atoms with Crippen LogP contribution in [0, 0.1) is 0 Å². The number of halogens is 1. The molecule has 0 amide bonds. The molecular weight excluding hydrogens is 288 g/mol. The molecule has 3 rings (SSSR count). The SMILES string of the molecule is CN(Cc1ccc(Cl)s1)C1(CN)Cc2ccccc2C1. The van der Waals surface area contributed by atoms with Crippen LogP contribution in [0.4, 0.5) is 0 Å². The fourth-order valence-electron chi connectivity index (χ4n) is 3.08. The normalized spacial score (nSPS) is 16.6. The number of fused-ring (bicyclic) bond motifs is 1. The molecule has 2 nitrogen and oxygen atoms in total. The summed E-state index contributed by atoms with van der Waals surface area (Å²) in [6.07, 6.45) is 2.07. The summed E-state index contributed by atoms with van der Waals surface area (Å²) in [6, 6.07) is 12.8. The first-order valence-electron chi connectivity index (χ1n) is 6.85. The Morgan fingerprint density at radius 1 is 1.20 bits per heavy atom. The maximum absolute atomic E-state index is 6.14. The first-order valence-corrected chi connectivity index (χ1v) is 8.05. The maximum Gasteiger partial charge on any atom is 0.0931 e. The highest BCUT2D eigenvalue weighted by atomic mass is 35.5. The summed E-state index contributed by atoms with van der Waals surface area (Å²) in [7, 11) is 2.17. The van der Waals surface area contributed by atoms with E-state index in [1.807, 2.05) is 6.07 Å². The lowest BCUT2D eigenvalue weighted by Gasteiger charge is -2.37. The van der Waals surface area contributed by atoms with Gasteiger partial charge >= 0.3 is 0 Å². The summed E-state index contributed by atoms with van der Waals surface area (Å²) in [5.74, 6) is 0. The van der Waals surface area contributed by atoms with E-state index in [1.54, 1.807) is 11.3 Å². The van der Waals surface area contributed by atoms with E-state index in [0.29, 0.717) is 6.54 Å². The highest BCUT2D eigenvalue weighted by molar-refractivity contribution is 7.16. The first-order chi connectivity index (χ1) is 9.63. The zero-order chi connectivity index (χ0) is 14.2. The van der Waals surface area contributed by atoms with Gasteiger partial charge in [0.2, 0.25) is 0 Å². The van der Waals surface area contributed by atoms with Crippen molar-refractivity contribution >= 4 is 22.9 Å². The standard InChI is InChI=1S/C16H19ClN2S/c1-19(10-14-6-7-15(17)20-14)16(11-18)8-12-4-2-3-5-13(12)9-16/h2-7H,8-11,18H2,1H3. The molecule has 0 saturated heterocycles. The lowest BCUT2D eigenvalue weighted by Crippen LogP contribution is -2.52. The quantitative estimate of drug-likeness (QED) is 0.939. The van der Waals surface area contributed by atoms with E-state index in [-0.39, 0.29) is 5.54 Å². The second-order valence-corrected chi connectivity index (χ2v) is 7.41. The second-order valence-electron chi connectivity index (χ2n) is 5.61. The summed E-state index contributed by atoms with van der Waals surface area (Å²) in [5.41, 5.74) is 9.06. The maximum atomic E-state index is 6.14. The monoisotopic (exact) mass is 306 g/mol. The van der Waals surface area contributed by atoms with E-state index in [4.69, 9.17) is 17.3 Å². The molecule has 4 heteroatoms. The predicted molar refractivity (Wildman–Crippen MR) is 86.4 cm³/mol. The van der Waals surface area contributed by atoms with Crippen LogP contribution in [0.5, 0.6) is 0 Å². The van der Waals surface area contributed by atoms with Gasteiger partial charge in [-0.2, -0.15) is 0 Å². The average molecular weight is 307 g/mol. The molecule has 2 aromatic rings. The first kappa shape index (κ1) is 14.1. The van der Waals surface area contributed by atoms with E-state index < -0.39 is 0 Å². The highest BCUT2D eigenvalue weighted by Crippen LogP contribution is 2.35. The van der Waals surface area contributed by atoms with Crippen molar-refractivity contribution in [3.63, 3.8) is 0 Å². The molecule has 106 valence electrons. The lowest BCUT2D eigenvalue weighted by molar-refractivity contribution is 0.129. The minimum Gasteiger partial charge on any atom is -0.329 e. The Kier molecular flexibility index (Phi) is 3.87. The molecule has 0 fully saturated rings. The third-order valence-corrected chi connectivity index (χ3v) is 5.58. The third-order valence-electron chi connectivity index (χ3n) is 4.37. The van der Waals surface area contributed by atoms with Gasteiger partial charge in [-0.1, -0.05) is 35.9 Å². The largest absolute Gasteiger partial charge is 0.329 e. The fourth-order valence-corrected chi connectivity index (χ4v) is 4.22. The number of nitrogens with two attached hydrogens (primary N) is 1. The Balaban J connectivity index is 1.80. The van der Waals surface area contributed by atoms with E-state index >= 15 is 0 Å². The molecule has 1 aromatic heterocycles. The lowest BCUT2D eigenvalue weighted by atomic mass is 9.93. The van der Waals surface area contributed by atoms with Crippen molar-refractivity contribution in [3.8, 4) is 0 Å². The van der Waals surface area contributed by atoms with Crippen molar-refractivity contribution in [2.24, 2.45) is 5.73 Å². The smallest absolute Gasteiger partial charge is 0.0931 e. The van der Waals surface area contributed by atoms with Gasteiger partial charge in [-0.25, -0.2) is 0 Å². The number of rotatable bonds is 4. The van der Waals surface area contributed by atoms with Crippen LogP contribution in [0.3, 0.4) is 0 Å². The van der Waals surface area contributed by atoms with Gasteiger partial charge in [0.1, 0.15) is 0 Å². The Morgan fingerprint density at radius 3 is 2.35 bits per heavy atom. The minimum absolute atomic E-state index is 0.0418. The predicted octanol–water partition coefficient (Wildman–Crippen LogP) is 3.33. The Hall–Kier alpha value is -0.870. The number of benzene rings is 1. The zero-order valence-corrected chi connectivity index (χ0v) is 13.2. The van der Waals surface area contributed by atoms with Crippen LogP contribution >= 0.6 is 22.9 Å². The van der Waals surface area contributed by atoms with Gasteiger partial charge in [0.25, 0.3) is 0 Å². The summed E-state index contributed by atoms with van der Waals surface area (Å²) >= 11 is 7.67. The molecule has 1 aliphatic carbocycles. The van der Waals surface area contributed by atoms with Crippen LogP contribution in [-0.4, -0.2) is 24.0 Å². The van der Waals surface area contributed by atoms with Gasteiger partial charge in [-0.05, 0) is 43.1 Å². The minimum atomic E-state index is 0.0418. The summed E-state index contributed by atoms with van der Waals surface area (Å²) in [4.78, 5) is 3.69. The van der Waals surface area contributed by atoms with E-state index in [9.17, 15) is 0 Å². The number of likely N-dealkylation sites (N-methyl/N-ethyl adjacent to an activating group) is 1. The summed E-state index contributed by atoms with van der Waals surface area (Å²) in [6.45, 7) is 1.58. The zero-order valence-electron chi connectivity index (χ0n) is 11.6. The molecule has 1 heterocycles. The Morgan fingerprint density at radius 2 is 1.85 bits per heavy atom. The summed E-state index contributed by atoms with van der Waals surface area (Å²) in [5, 5.41) is 0. The molecule has 0 aliphatic heterocycles. The molecular formula is C16H19ClN2S. The van der Waals surface area contributed by atoms with Crippen molar-refractivity contribution in [3.05, 3.63) is 56.7 Å². The molecule has 0 saturated carbocycles. The van der Waals surface area contributed by atoms with Crippen LogP contribution in [0.25, 0.3) is 0 Å². The molecule has 0 atom stereocenters. The van der Waals surface area contributed by atoms with Crippen LogP contribution < -0.4 is 5.73 Å². The molecule has 0 unspecified atom stereocenters. The molecule has 0 bridgehead atoms.